The molecule has 0 aromatic carbocycles. The number of hydrogen-bond donors (Lipinski definition) is 3. The van der Waals surface area contributed by atoms with Gasteiger partial charge in [-0.2, -0.15) is 5.12 Å². The summed E-state index contributed by atoms with van der Waals surface area (Å²) >= 11 is 0. The van der Waals surface area contributed by atoms with Gasteiger partial charge in [-0.25, -0.2) is 15.2 Å². The molecule has 3 fully saturated rings. The van der Waals surface area contributed by atoms with E-state index in [1.165, 1.54) is 18.9 Å². The third-order valence-corrected chi connectivity index (χ3v) is 6.61. The van der Waals surface area contributed by atoms with Crippen molar-refractivity contribution in [3.05, 3.63) is 12.7 Å². The van der Waals surface area contributed by atoms with E-state index in [0.717, 1.165) is 45.2 Å². The van der Waals surface area contributed by atoms with Gasteiger partial charge >= 0.3 is 0 Å². The first-order chi connectivity index (χ1) is 12.1. The Labute approximate surface area is 150 Å². The van der Waals surface area contributed by atoms with E-state index in [2.05, 4.69) is 22.7 Å². The lowest BCUT2D eigenvalue weighted by Gasteiger charge is -2.43. The molecule has 5 nitrogen and oxygen atoms in total. The first kappa shape index (κ1) is 18.8. The molecule has 6 heteroatoms. The standard InChI is InChI=1S/C19H33FN4O/c1-3-19(25)21-11-15-5-4-14(13-6-8-16(20)9-7-13)10-17(15)18-12-22-24(2)23-18/h3,13-18,22-23H,1,4-12H2,2H3,(H,21,25). The van der Waals surface area contributed by atoms with Gasteiger partial charge in [0.15, 0.2) is 0 Å². The van der Waals surface area contributed by atoms with Crippen LogP contribution in [-0.2, 0) is 4.79 Å². The molecule has 3 aliphatic rings. The fourth-order valence-electron chi connectivity index (χ4n) is 5.15. The molecule has 3 rings (SSSR count). The van der Waals surface area contributed by atoms with Crippen molar-refractivity contribution in [2.75, 3.05) is 20.1 Å². The number of hydrogen-bond acceptors (Lipinski definition) is 4. The first-order valence-electron chi connectivity index (χ1n) is 9.84. The van der Waals surface area contributed by atoms with Crippen molar-refractivity contribution in [3.8, 4) is 0 Å². The highest BCUT2D eigenvalue weighted by Crippen LogP contribution is 2.44. The Morgan fingerprint density at radius 1 is 1.24 bits per heavy atom. The third-order valence-electron chi connectivity index (χ3n) is 6.61. The average Bonchev–Trinajstić information content (AvgIpc) is 3.06. The molecule has 4 atom stereocenters. The monoisotopic (exact) mass is 352 g/mol. The highest BCUT2D eigenvalue weighted by atomic mass is 19.1. The number of rotatable bonds is 5. The number of carbonyl (C=O) groups is 1. The summed E-state index contributed by atoms with van der Waals surface area (Å²) in [7, 11) is 2.00. The van der Waals surface area contributed by atoms with Crippen LogP contribution in [0.1, 0.15) is 44.9 Å². The summed E-state index contributed by atoms with van der Waals surface area (Å²) in [6.45, 7) is 5.19. The Morgan fingerprint density at radius 2 is 1.96 bits per heavy atom. The van der Waals surface area contributed by atoms with Crippen LogP contribution in [0.2, 0.25) is 0 Å². The second-order valence-electron chi connectivity index (χ2n) is 8.12. The van der Waals surface area contributed by atoms with Crippen molar-refractivity contribution in [2.45, 2.75) is 57.2 Å². The zero-order chi connectivity index (χ0) is 17.8. The molecular weight excluding hydrogens is 319 g/mol. The lowest BCUT2D eigenvalue weighted by Crippen LogP contribution is -2.47. The number of nitrogens with one attached hydrogen (secondary N) is 3. The first-order valence-corrected chi connectivity index (χ1v) is 9.84. The second-order valence-corrected chi connectivity index (χ2v) is 8.12. The van der Waals surface area contributed by atoms with E-state index in [0.29, 0.717) is 29.7 Å². The van der Waals surface area contributed by atoms with E-state index in [-0.39, 0.29) is 5.91 Å². The van der Waals surface area contributed by atoms with Crippen molar-refractivity contribution in [2.24, 2.45) is 23.7 Å². The molecule has 2 aliphatic carbocycles. The van der Waals surface area contributed by atoms with Gasteiger partial charge in [-0.15, -0.1) is 0 Å². The predicted molar refractivity (Wildman–Crippen MR) is 97.1 cm³/mol. The molecule has 4 unspecified atom stereocenters. The van der Waals surface area contributed by atoms with Gasteiger partial charge in [0.05, 0.1) is 0 Å². The number of nitrogens with zero attached hydrogens (tertiary/aromatic N) is 1. The van der Waals surface area contributed by atoms with E-state index < -0.39 is 6.17 Å². The molecule has 1 heterocycles. The maximum Gasteiger partial charge on any atom is 0.243 e. The molecular formula is C19H33FN4O. The minimum absolute atomic E-state index is 0.0863. The van der Waals surface area contributed by atoms with Crippen LogP contribution in [0.25, 0.3) is 0 Å². The smallest absolute Gasteiger partial charge is 0.243 e. The molecule has 0 aromatic heterocycles. The lowest BCUT2D eigenvalue weighted by molar-refractivity contribution is -0.116. The summed E-state index contributed by atoms with van der Waals surface area (Å²) in [6, 6.07) is 0.399. The van der Waals surface area contributed by atoms with Crippen LogP contribution in [-0.4, -0.2) is 43.4 Å². The Hall–Kier alpha value is -0.980. The minimum atomic E-state index is -0.577. The molecule has 1 amide bonds. The summed E-state index contributed by atoms with van der Waals surface area (Å²) in [5, 5.41) is 4.94. The van der Waals surface area contributed by atoms with Gasteiger partial charge in [0.2, 0.25) is 5.91 Å². The zero-order valence-electron chi connectivity index (χ0n) is 15.3. The lowest BCUT2D eigenvalue weighted by atomic mass is 9.65. The van der Waals surface area contributed by atoms with Crippen LogP contribution in [0.15, 0.2) is 12.7 Å². The SMILES string of the molecule is C=CC(=O)NCC1CCC(C2CCC(F)CC2)CC1C1CNN(C)N1. The van der Waals surface area contributed by atoms with Crippen LogP contribution < -0.4 is 16.2 Å². The highest BCUT2D eigenvalue weighted by Gasteiger charge is 2.40. The summed E-state index contributed by atoms with van der Waals surface area (Å²) in [6.07, 6.45) is 7.90. The quantitative estimate of drug-likeness (QED) is 0.664. The number of amides is 1. The summed E-state index contributed by atoms with van der Waals surface area (Å²) < 4.78 is 13.5. The molecule has 1 saturated heterocycles. The van der Waals surface area contributed by atoms with Gasteiger partial charge < -0.3 is 5.32 Å². The Balaban J connectivity index is 1.62. The molecule has 1 aliphatic heterocycles. The molecule has 0 radical (unpaired) electrons. The minimum Gasteiger partial charge on any atom is -0.352 e. The van der Waals surface area contributed by atoms with E-state index in [1.807, 2.05) is 12.2 Å². The van der Waals surface area contributed by atoms with Crippen LogP contribution in [0, 0.1) is 23.7 Å². The van der Waals surface area contributed by atoms with Gasteiger partial charge in [-0.05, 0) is 74.7 Å². The van der Waals surface area contributed by atoms with Gasteiger partial charge in [0.1, 0.15) is 6.17 Å². The topological polar surface area (TPSA) is 56.4 Å². The maximum absolute atomic E-state index is 13.5. The van der Waals surface area contributed by atoms with Crippen LogP contribution in [0.3, 0.4) is 0 Å². The maximum atomic E-state index is 13.5. The fraction of sp³-hybridized carbons (Fsp3) is 0.842. The number of halogens is 1. The Bertz CT molecular complexity index is 466. The van der Waals surface area contributed by atoms with E-state index in [9.17, 15) is 9.18 Å². The molecule has 0 aromatic rings. The van der Waals surface area contributed by atoms with Crippen molar-refractivity contribution in [1.82, 2.24) is 21.3 Å². The molecule has 3 N–H and O–H groups in total. The summed E-state index contributed by atoms with van der Waals surface area (Å²) in [4.78, 5) is 11.6. The van der Waals surface area contributed by atoms with E-state index in [1.54, 1.807) is 0 Å². The van der Waals surface area contributed by atoms with E-state index >= 15 is 0 Å². The summed E-state index contributed by atoms with van der Waals surface area (Å²) in [5.41, 5.74) is 6.85. The van der Waals surface area contributed by atoms with E-state index in [4.69, 9.17) is 0 Å². The normalized spacial score (nSPS) is 39.9. The summed E-state index contributed by atoms with van der Waals surface area (Å²) in [5.74, 6) is 2.33. The predicted octanol–water partition coefficient (Wildman–Crippen LogP) is 2.17. The fourth-order valence-corrected chi connectivity index (χ4v) is 5.15. The molecule has 25 heavy (non-hydrogen) atoms. The second kappa shape index (κ2) is 8.60. The highest BCUT2D eigenvalue weighted by molar-refractivity contribution is 5.86. The zero-order valence-corrected chi connectivity index (χ0v) is 15.3. The largest absolute Gasteiger partial charge is 0.352 e. The number of carbonyl (C=O) groups excluding carboxylic acids is 1. The molecule has 2 saturated carbocycles. The molecule has 0 spiro atoms. The van der Waals surface area contributed by atoms with Crippen molar-refractivity contribution >= 4 is 5.91 Å². The Kier molecular flexibility index (Phi) is 6.47. The Morgan fingerprint density at radius 3 is 2.60 bits per heavy atom. The van der Waals surface area contributed by atoms with Gasteiger partial charge in [-0.3, -0.25) is 4.79 Å². The van der Waals surface area contributed by atoms with Crippen LogP contribution in [0.4, 0.5) is 4.39 Å². The molecule has 0 bridgehead atoms. The third kappa shape index (κ3) is 4.80. The van der Waals surface area contributed by atoms with Crippen molar-refractivity contribution in [3.63, 3.8) is 0 Å². The average molecular weight is 352 g/mol. The van der Waals surface area contributed by atoms with Gasteiger partial charge in [0, 0.05) is 26.2 Å². The van der Waals surface area contributed by atoms with Gasteiger partial charge in [-0.1, -0.05) is 6.58 Å². The van der Waals surface area contributed by atoms with Crippen molar-refractivity contribution in [1.29, 1.82) is 0 Å². The number of alkyl halides is 1. The van der Waals surface area contributed by atoms with Crippen molar-refractivity contribution < 1.29 is 9.18 Å². The molecule has 142 valence electrons. The van der Waals surface area contributed by atoms with Crippen LogP contribution in [0.5, 0.6) is 0 Å². The number of hydrazine groups is 2. The van der Waals surface area contributed by atoms with Gasteiger partial charge in [0.25, 0.3) is 0 Å². The van der Waals surface area contributed by atoms with Crippen LogP contribution >= 0.6 is 0 Å².